The van der Waals surface area contributed by atoms with Crippen LogP contribution in [0.5, 0.6) is 0 Å². The van der Waals surface area contributed by atoms with Gasteiger partial charge in [-0.15, -0.1) is 0 Å². The molecule has 0 bridgehead atoms. The van der Waals surface area contributed by atoms with Crippen molar-refractivity contribution in [1.29, 1.82) is 5.26 Å². The zero-order valence-electron chi connectivity index (χ0n) is 9.98. The highest BCUT2D eigenvalue weighted by Gasteiger charge is 2.17. The Morgan fingerprint density at radius 2 is 2.12 bits per heavy atom. The van der Waals surface area contributed by atoms with Crippen LogP contribution in [0, 0.1) is 17.1 Å². The second-order valence-corrected chi connectivity index (χ2v) is 4.04. The number of carbonyl (C=O) groups excluding carboxylic acids is 1. The van der Waals surface area contributed by atoms with Crippen molar-refractivity contribution in [2.75, 3.05) is 6.54 Å². The Kier molecular flexibility index (Phi) is 4.65. The average Bonchev–Trinajstić information content (AvgIpc) is 2.28. The van der Waals surface area contributed by atoms with E-state index >= 15 is 0 Å². The van der Waals surface area contributed by atoms with Gasteiger partial charge in [-0.05, 0) is 25.5 Å². The Morgan fingerprint density at radius 3 is 2.65 bits per heavy atom. The van der Waals surface area contributed by atoms with Gasteiger partial charge in [0.15, 0.2) is 0 Å². The lowest BCUT2D eigenvalue weighted by Crippen LogP contribution is -2.38. The van der Waals surface area contributed by atoms with Gasteiger partial charge in [-0.25, -0.2) is 4.39 Å². The summed E-state index contributed by atoms with van der Waals surface area (Å²) < 4.78 is 13.4. The highest BCUT2D eigenvalue weighted by atomic mass is 19.1. The molecule has 0 saturated carbocycles. The van der Waals surface area contributed by atoms with Crippen LogP contribution in [0.15, 0.2) is 24.3 Å². The van der Waals surface area contributed by atoms with Gasteiger partial charge in [0.25, 0.3) is 0 Å². The van der Waals surface area contributed by atoms with E-state index in [2.05, 4.69) is 0 Å². The molecule has 1 aromatic carbocycles. The number of halogens is 1. The van der Waals surface area contributed by atoms with Gasteiger partial charge in [-0.1, -0.05) is 18.2 Å². The van der Waals surface area contributed by atoms with E-state index in [0.29, 0.717) is 5.56 Å². The Balaban J connectivity index is 2.78. The van der Waals surface area contributed by atoms with E-state index in [9.17, 15) is 9.18 Å². The molecular weight excluding hydrogens is 219 g/mol. The minimum Gasteiger partial charge on any atom is -0.327 e. The summed E-state index contributed by atoms with van der Waals surface area (Å²) >= 11 is 0. The van der Waals surface area contributed by atoms with E-state index in [1.54, 1.807) is 18.2 Å². The van der Waals surface area contributed by atoms with Crippen molar-refractivity contribution >= 4 is 5.91 Å². The second-order valence-electron chi connectivity index (χ2n) is 4.04. The molecule has 0 aliphatic heterocycles. The van der Waals surface area contributed by atoms with Gasteiger partial charge in [0.05, 0.1) is 12.5 Å². The number of nitrogens with zero attached hydrogens (tertiary/aromatic N) is 2. The highest BCUT2D eigenvalue weighted by molar-refractivity contribution is 5.79. The van der Waals surface area contributed by atoms with Gasteiger partial charge >= 0.3 is 0 Å². The van der Waals surface area contributed by atoms with Gasteiger partial charge in [0.2, 0.25) is 5.91 Å². The number of nitriles is 1. The summed E-state index contributed by atoms with van der Waals surface area (Å²) in [6, 6.07) is 8.06. The molecule has 0 aromatic heterocycles. The molecule has 0 heterocycles. The maximum Gasteiger partial charge on any atom is 0.228 e. The fraction of sp³-hybridized carbons (Fsp3) is 0.385. The molecule has 4 heteroatoms. The van der Waals surface area contributed by atoms with Crippen LogP contribution in [0.1, 0.15) is 19.4 Å². The van der Waals surface area contributed by atoms with Gasteiger partial charge in [0, 0.05) is 6.04 Å². The Bertz CT molecular complexity index is 437. The largest absolute Gasteiger partial charge is 0.327 e. The van der Waals surface area contributed by atoms with Crippen molar-refractivity contribution < 1.29 is 9.18 Å². The molecule has 1 amide bonds. The summed E-state index contributed by atoms with van der Waals surface area (Å²) in [6.07, 6.45) is -0.00741. The summed E-state index contributed by atoms with van der Waals surface area (Å²) in [6.45, 7) is 3.69. The van der Waals surface area contributed by atoms with Crippen molar-refractivity contribution in [2.24, 2.45) is 0 Å². The number of hydrogen-bond acceptors (Lipinski definition) is 2. The maximum absolute atomic E-state index is 13.4. The quantitative estimate of drug-likeness (QED) is 0.749. The Morgan fingerprint density at radius 1 is 1.47 bits per heavy atom. The number of benzene rings is 1. The topological polar surface area (TPSA) is 44.1 Å². The summed E-state index contributed by atoms with van der Waals surface area (Å²) in [5.74, 6) is -0.617. The molecule has 0 N–H and O–H groups in total. The number of amides is 1. The molecule has 0 saturated heterocycles. The molecule has 0 atom stereocenters. The van der Waals surface area contributed by atoms with Gasteiger partial charge in [0.1, 0.15) is 12.4 Å². The first kappa shape index (κ1) is 13.2. The smallest absolute Gasteiger partial charge is 0.228 e. The van der Waals surface area contributed by atoms with Crippen molar-refractivity contribution in [3.05, 3.63) is 35.6 Å². The summed E-state index contributed by atoms with van der Waals surface area (Å²) in [5, 5.41) is 8.64. The van der Waals surface area contributed by atoms with Crippen molar-refractivity contribution in [3.8, 4) is 6.07 Å². The van der Waals surface area contributed by atoms with E-state index < -0.39 is 0 Å². The molecule has 0 aliphatic carbocycles. The van der Waals surface area contributed by atoms with Crippen LogP contribution in [0.4, 0.5) is 4.39 Å². The minimum absolute atomic E-state index is 0.00741. The summed E-state index contributed by atoms with van der Waals surface area (Å²) in [4.78, 5) is 13.3. The van der Waals surface area contributed by atoms with E-state index in [0.717, 1.165) is 0 Å². The van der Waals surface area contributed by atoms with E-state index in [1.165, 1.54) is 11.0 Å². The van der Waals surface area contributed by atoms with Gasteiger partial charge < -0.3 is 4.90 Å². The van der Waals surface area contributed by atoms with Crippen molar-refractivity contribution in [2.45, 2.75) is 26.3 Å². The lowest BCUT2D eigenvalue weighted by molar-refractivity contribution is -0.131. The van der Waals surface area contributed by atoms with Gasteiger partial charge in [-0.2, -0.15) is 5.26 Å². The molecule has 0 fully saturated rings. The van der Waals surface area contributed by atoms with Crippen molar-refractivity contribution in [1.82, 2.24) is 4.90 Å². The SMILES string of the molecule is CC(C)N(CC#N)C(=O)Cc1ccccc1F. The molecular formula is C13H15FN2O. The monoisotopic (exact) mass is 234 g/mol. The van der Waals surface area contributed by atoms with Crippen LogP contribution in [0.25, 0.3) is 0 Å². The third-order valence-corrected chi connectivity index (χ3v) is 2.48. The first-order valence-corrected chi connectivity index (χ1v) is 5.46. The third kappa shape index (κ3) is 3.56. The fourth-order valence-corrected chi connectivity index (χ4v) is 1.54. The van der Waals surface area contributed by atoms with Crippen LogP contribution in [0.2, 0.25) is 0 Å². The van der Waals surface area contributed by atoms with Crippen LogP contribution in [-0.2, 0) is 11.2 Å². The summed E-state index contributed by atoms with van der Waals surface area (Å²) in [7, 11) is 0. The molecule has 0 radical (unpaired) electrons. The lowest BCUT2D eigenvalue weighted by Gasteiger charge is -2.23. The number of rotatable bonds is 4. The normalized spacial score (nSPS) is 10.1. The molecule has 0 aliphatic rings. The zero-order valence-corrected chi connectivity index (χ0v) is 9.98. The third-order valence-electron chi connectivity index (χ3n) is 2.48. The number of carbonyl (C=O) groups is 1. The van der Waals surface area contributed by atoms with E-state index in [1.807, 2.05) is 19.9 Å². The first-order chi connectivity index (χ1) is 8.06. The van der Waals surface area contributed by atoms with Crippen LogP contribution >= 0.6 is 0 Å². The zero-order chi connectivity index (χ0) is 12.8. The predicted molar refractivity (Wildman–Crippen MR) is 62.6 cm³/mol. The van der Waals surface area contributed by atoms with E-state index in [-0.39, 0.29) is 30.7 Å². The highest BCUT2D eigenvalue weighted by Crippen LogP contribution is 2.10. The standard InChI is InChI=1S/C13H15FN2O/c1-10(2)16(8-7-15)13(17)9-11-5-3-4-6-12(11)14/h3-6,10H,8-9H2,1-2H3. The number of hydrogen-bond donors (Lipinski definition) is 0. The van der Waals surface area contributed by atoms with Crippen LogP contribution in [-0.4, -0.2) is 23.4 Å². The minimum atomic E-state index is -0.387. The molecule has 1 rings (SSSR count). The predicted octanol–water partition coefficient (Wildman–Crippen LogP) is 2.13. The molecule has 90 valence electrons. The molecule has 3 nitrogen and oxygen atoms in total. The Labute approximate surface area is 100 Å². The van der Waals surface area contributed by atoms with Crippen LogP contribution in [0.3, 0.4) is 0 Å². The van der Waals surface area contributed by atoms with Crippen LogP contribution < -0.4 is 0 Å². The first-order valence-electron chi connectivity index (χ1n) is 5.46. The maximum atomic E-state index is 13.4. The second kappa shape index (κ2) is 6.00. The average molecular weight is 234 g/mol. The van der Waals surface area contributed by atoms with Crippen molar-refractivity contribution in [3.63, 3.8) is 0 Å². The fourth-order valence-electron chi connectivity index (χ4n) is 1.54. The van der Waals surface area contributed by atoms with E-state index in [4.69, 9.17) is 5.26 Å². The molecule has 1 aromatic rings. The molecule has 0 spiro atoms. The summed E-state index contributed by atoms with van der Waals surface area (Å²) in [5.41, 5.74) is 0.362. The van der Waals surface area contributed by atoms with Gasteiger partial charge in [-0.3, -0.25) is 4.79 Å². The lowest BCUT2D eigenvalue weighted by atomic mass is 10.1. The molecule has 17 heavy (non-hydrogen) atoms. The Hall–Kier alpha value is -1.89. The molecule has 0 unspecified atom stereocenters.